The molecule has 1 aliphatic heterocycles. The molecule has 1 heterocycles. The number of rotatable bonds is 6. The fraction of sp³-hybridized carbons (Fsp3) is 0.350. The van der Waals surface area contributed by atoms with Crippen LogP contribution in [0.4, 0.5) is 5.69 Å². The highest BCUT2D eigenvalue weighted by molar-refractivity contribution is 9.10. The second kappa shape index (κ2) is 8.94. The van der Waals surface area contributed by atoms with Crippen LogP contribution in [-0.4, -0.2) is 50.7 Å². The summed E-state index contributed by atoms with van der Waals surface area (Å²) >= 11 is 3.41. The van der Waals surface area contributed by atoms with E-state index in [9.17, 15) is 4.79 Å². The molecule has 2 aromatic rings. The fourth-order valence-electron chi connectivity index (χ4n) is 2.98. The number of nitrogens with zero attached hydrogens (tertiary/aromatic N) is 2. The molecule has 5 nitrogen and oxygen atoms in total. The monoisotopic (exact) mass is 418 g/mol. The number of piperazine rings is 1. The molecule has 0 aromatic heterocycles. The van der Waals surface area contributed by atoms with Crippen LogP contribution in [0.3, 0.4) is 0 Å². The summed E-state index contributed by atoms with van der Waals surface area (Å²) < 4.78 is 11.8. The predicted molar refractivity (Wildman–Crippen MR) is 106 cm³/mol. The van der Waals surface area contributed by atoms with Gasteiger partial charge in [0.2, 0.25) is 5.91 Å². The molecule has 0 aliphatic carbocycles. The number of anilines is 1. The molecule has 26 heavy (non-hydrogen) atoms. The lowest BCUT2D eigenvalue weighted by molar-refractivity contribution is -0.132. The number of carbonyl (C=O) groups excluding carboxylic acids is 1. The molecule has 0 radical (unpaired) electrons. The van der Waals surface area contributed by atoms with Gasteiger partial charge in [0.1, 0.15) is 11.5 Å². The topological polar surface area (TPSA) is 42.0 Å². The maximum Gasteiger partial charge on any atom is 0.226 e. The van der Waals surface area contributed by atoms with Crippen LogP contribution in [0.5, 0.6) is 11.5 Å². The summed E-state index contributed by atoms with van der Waals surface area (Å²) in [4.78, 5) is 16.6. The second-order valence-corrected chi connectivity index (χ2v) is 7.04. The van der Waals surface area contributed by atoms with E-state index in [4.69, 9.17) is 9.47 Å². The van der Waals surface area contributed by atoms with Crippen LogP contribution in [0.25, 0.3) is 0 Å². The Morgan fingerprint density at radius 3 is 2.42 bits per heavy atom. The van der Waals surface area contributed by atoms with Gasteiger partial charge in [-0.3, -0.25) is 4.79 Å². The van der Waals surface area contributed by atoms with E-state index in [1.165, 1.54) is 0 Å². The van der Waals surface area contributed by atoms with Crippen LogP contribution >= 0.6 is 15.9 Å². The zero-order valence-electron chi connectivity index (χ0n) is 14.9. The summed E-state index contributed by atoms with van der Waals surface area (Å²) in [7, 11) is 1.67. The highest BCUT2D eigenvalue weighted by Crippen LogP contribution is 2.21. The van der Waals surface area contributed by atoms with Crippen molar-refractivity contribution in [3.05, 3.63) is 53.0 Å². The van der Waals surface area contributed by atoms with E-state index in [-0.39, 0.29) is 5.91 Å². The standard InChI is InChI=1S/C20H23BrN2O3/c1-25-18-7-5-17(6-8-18)22-10-12-23(13-11-22)20(24)9-14-26-19-4-2-3-16(21)15-19/h2-8,15H,9-14H2,1H3. The van der Waals surface area contributed by atoms with Gasteiger partial charge in [0.05, 0.1) is 20.1 Å². The zero-order chi connectivity index (χ0) is 18.4. The molecule has 1 amide bonds. The average Bonchev–Trinajstić information content (AvgIpc) is 2.68. The van der Waals surface area contributed by atoms with Crippen LogP contribution < -0.4 is 14.4 Å². The van der Waals surface area contributed by atoms with Crippen LogP contribution in [0.1, 0.15) is 6.42 Å². The molecular formula is C20H23BrN2O3. The summed E-state index contributed by atoms with van der Waals surface area (Å²) in [5, 5.41) is 0. The minimum atomic E-state index is 0.148. The lowest BCUT2D eigenvalue weighted by Crippen LogP contribution is -2.49. The first-order chi connectivity index (χ1) is 12.7. The van der Waals surface area contributed by atoms with Crippen molar-refractivity contribution in [2.24, 2.45) is 0 Å². The minimum absolute atomic E-state index is 0.148. The van der Waals surface area contributed by atoms with Gasteiger partial charge < -0.3 is 19.3 Å². The minimum Gasteiger partial charge on any atom is -0.497 e. The van der Waals surface area contributed by atoms with Crippen LogP contribution in [-0.2, 0) is 4.79 Å². The number of halogens is 1. The van der Waals surface area contributed by atoms with Gasteiger partial charge in [-0.05, 0) is 42.5 Å². The summed E-state index contributed by atoms with van der Waals surface area (Å²) in [6, 6.07) is 15.7. The smallest absolute Gasteiger partial charge is 0.226 e. The Morgan fingerprint density at radius 1 is 1.04 bits per heavy atom. The van der Waals surface area contributed by atoms with E-state index in [0.29, 0.717) is 13.0 Å². The summed E-state index contributed by atoms with van der Waals surface area (Å²) in [5.41, 5.74) is 1.16. The summed E-state index contributed by atoms with van der Waals surface area (Å²) in [6.07, 6.45) is 0.398. The third kappa shape index (κ3) is 4.91. The first kappa shape index (κ1) is 18.6. The van der Waals surface area contributed by atoms with E-state index in [0.717, 1.165) is 47.8 Å². The normalized spacial score (nSPS) is 14.2. The Labute approximate surface area is 162 Å². The molecule has 2 aromatic carbocycles. The van der Waals surface area contributed by atoms with E-state index >= 15 is 0 Å². The molecule has 6 heteroatoms. The molecule has 1 saturated heterocycles. The molecule has 138 valence electrons. The number of hydrogen-bond donors (Lipinski definition) is 0. The van der Waals surface area contributed by atoms with Crippen molar-refractivity contribution in [2.75, 3.05) is 44.8 Å². The van der Waals surface area contributed by atoms with Gasteiger partial charge in [-0.1, -0.05) is 22.0 Å². The maximum absolute atomic E-state index is 12.4. The van der Waals surface area contributed by atoms with Crippen molar-refractivity contribution >= 4 is 27.5 Å². The van der Waals surface area contributed by atoms with E-state index in [2.05, 4.69) is 33.0 Å². The summed E-state index contributed by atoms with van der Waals surface area (Å²) in [5.74, 6) is 1.78. The molecule has 0 spiro atoms. The molecule has 0 bridgehead atoms. The van der Waals surface area contributed by atoms with Crippen molar-refractivity contribution in [1.29, 1.82) is 0 Å². The van der Waals surface area contributed by atoms with Crippen molar-refractivity contribution in [3.63, 3.8) is 0 Å². The van der Waals surface area contributed by atoms with Gasteiger partial charge >= 0.3 is 0 Å². The quantitative estimate of drug-likeness (QED) is 0.718. The number of methoxy groups -OCH3 is 1. The third-order valence-electron chi connectivity index (χ3n) is 4.45. The number of carbonyl (C=O) groups is 1. The van der Waals surface area contributed by atoms with E-state index in [1.807, 2.05) is 41.3 Å². The Hall–Kier alpha value is -2.21. The van der Waals surface area contributed by atoms with E-state index in [1.54, 1.807) is 7.11 Å². The highest BCUT2D eigenvalue weighted by Gasteiger charge is 2.21. The van der Waals surface area contributed by atoms with Crippen molar-refractivity contribution < 1.29 is 14.3 Å². The number of ether oxygens (including phenoxy) is 2. The SMILES string of the molecule is COc1ccc(N2CCN(C(=O)CCOc3cccc(Br)c3)CC2)cc1. The van der Waals surface area contributed by atoms with E-state index < -0.39 is 0 Å². The predicted octanol–water partition coefficient (Wildman–Crippen LogP) is 3.58. The lowest BCUT2D eigenvalue weighted by Gasteiger charge is -2.36. The van der Waals surface area contributed by atoms with Gasteiger partial charge in [0.25, 0.3) is 0 Å². The number of amides is 1. The molecule has 1 aliphatic rings. The Bertz CT molecular complexity index is 728. The van der Waals surface area contributed by atoms with Crippen molar-refractivity contribution in [2.45, 2.75) is 6.42 Å². The Morgan fingerprint density at radius 2 is 1.77 bits per heavy atom. The molecule has 0 saturated carbocycles. The Balaban J connectivity index is 1.43. The Kier molecular flexibility index (Phi) is 6.39. The molecule has 0 atom stereocenters. The van der Waals surface area contributed by atoms with Gasteiger partial charge in [-0.15, -0.1) is 0 Å². The van der Waals surface area contributed by atoms with Gasteiger partial charge in [-0.25, -0.2) is 0 Å². The van der Waals surface area contributed by atoms with Gasteiger partial charge in [0, 0.05) is 36.3 Å². The molecular weight excluding hydrogens is 396 g/mol. The van der Waals surface area contributed by atoms with Crippen LogP contribution in [0.2, 0.25) is 0 Å². The number of hydrogen-bond acceptors (Lipinski definition) is 4. The van der Waals surface area contributed by atoms with Crippen LogP contribution in [0, 0.1) is 0 Å². The third-order valence-corrected chi connectivity index (χ3v) is 4.94. The second-order valence-electron chi connectivity index (χ2n) is 6.12. The molecule has 0 unspecified atom stereocenters. The molecule has 1 fully saturated rings. The van der Waals surface area contributed by atoms with Gasteiger partial charge in [-0.2, -0.15) is 0 Å². The number of benzene rings is 2. The van der Waals surface area contributed by atoms with Crippen molar-refractivity contribution in [1.82, 2.24) is 4.90 Å². The zero-order valence-corrected chi connectivity index (χ0v) is 16.4. The van der Waals surface area contributed by atoms with Crippen LogP contribution in [0.15, 0.2) is 53.0 Å². The lowest BCUT2D eigenvalue weighted by atomic mass is 10.2. The molecule has 3 rings (SSSR count). The summed E-state index contributed by atoms with van der Waals surface area (Å²) in [6.45, 7) is 3.55. The molecule has 0 N–H and O–H groups in total. The highest BCUT2D eigenvalue weighted by atomic mass is 79.9. The van der Waals surface area contributed by atoms with Crippen molar-refractivity contribution in [3.8, 4) is 11.5 Å². The maximum atomic E-state index is 12.4. The average molecular weight is 419 g/mol. The van der Waals surface area contributed by atoms with Gasteiger partial charge in [0.15, 0.2) is 0 Å². The largest absolute Gasteiger partial charge is 0.497 e. The first-order valence-electron chi connectivity index (χ1n) is 8.71. The first-order valence-corrected chi connectivity index (χ1v) is 9.50. The fourth-order valence-corrected chi connectivity index (χ4v) is 3.36.